The fourth-order valence-electron chi connectivity index (χ4n) is 1.12. The highest BCUT2D eigenvalue weighted by Crippen LogP contribution is 2.28. The van der Waals surface area contributed by atoms with Crippen LogP contribution in [0.5, 0.6) is 0 Å². The summed E-state index contributed by atoms with van der Waals surface area (Å²) in [5.41, 5.74) is 12.0. The van der Waals surface area contributed by atoms with Gasteiger partial charge in [0, 0.05) is 5.02 Å². The molecule has 2 aromatic rings. The van der Waals surface area contributed by atoms with Gasteiger partial charge in [-0.2, -0.15) is 10.2 Å². The van der Waals surface area contributed by atoms with E-state index in [1.807, 2.05) is 0 Å². The van der Waals surface area contributed by atoms with Crippen LogP contribution in [-0.4, -0.2) is 10.2 Å². The van der Waals surface area contributed by atoms with Crippen molar-refractivity contribution in [2.75, 3.05) is 11.5 Å². The molecular formula is C9H9ClN6. The standard InChI is InChI=1S/C9H9ClN6/c10-5-2-1-3-6(4-5)13-14-7-8(11)15-16-9(7)12/h1-4H,(H5,11,12,15,16). The largest absolute Gasteiger partial charge is 0.382 e. The van der Waals surface area contributed by atoms with Gasteiger partial charge in [0.25, 0.3) is 0 Å². The molecule has 0 bridgehead atoms. The van der Waals surface area contributed by atoms with Gasteiger partial charge in [0.1, 0.15) is 5.82 Å². The van der Waals surface area contributed by atoms with Crippen molar-refractivity contribution in [3.8, 4) is 0 Å². The molecule has 82 valence electrons. The number of benzene rings is 1. The number of aromatic nitrogens is 2. The van der Waals surface area contributed by atoms with Crippen LogP contribution in [0.15, 0.2) is 34.5 Å². The predicted octanol–water partition coefficient (Wildman–Crippen LogP) is 2.64. The number of H-pyrrole nitrogens is 1. The average molecular weight is 237 g/mol. The predicted molar refractivity (Wildman–Crippen MR) is 63.0 cm³/mol. The van der Waals surface area contributed by atoms with Crippen LogP contribution in [0.1, 0.15) is 0 Å². The Hall–Kier alpha value is -2.08. The van der Waals surface area contributed by atoms with Crippen molar-refractivity contribution in [3.05, 3.63) is 29.3 Å². The fourth-order valence-corrected chi connectivity index (χ4v) is 1.30. The molecule has 0 unspecified atom stereocenters. The molecule has 6 nitrogen and oxygen atoms in total. The molecule has 16 heavy (non-hydrogen) atoms. The Kier molecular flexibility index (Phi) is 2.74. The van der Waals surface area contributed by atoms with Crippen molar-refractivity contribution in [1.29, 1.82) is 0 Å². The molecule has 0 fully saturated rings. The Morgan fingerprint density at radius 3 is 2.69 bits per heavy atom. The van der Waals surface area contributed by atoms with Crippen molar-refractivity contribution in [1.82, 2.24) is 10.2 Å². The van der Waals surface area contributed by atoms with Gasteiger partial charge < -0.3 is 11.5 Å². The van der Waals surface area contributed by atoms with Gasteiger partial charge in [0.15, 0.2) is 11.5 Å². The van der Waals surface area contributed by atoms with E-state index in [2.05, 4.69) is 20.4 Å². The Balaban J connectivity index is 2.28. The number of azo groups is 1. The van der Waals surface area contributed by atoms with Gasteiger partial charge in [-0.15, -0.1) is 5.11 Å². The maximum absolute atomic E-state index is 5.80. The maximum Gasteiger partial charge on any atom is 0.175 e. The first-order chi connectivity index (χ1) is 7.66. The number of hydrogen-bond acceptors (Lipinski definition) is 5. The number of anilines is 2. The second-order valence-corrected chi connectivity index (χ2v) is 3.49. The summed E-state index contributed by atoms with van der Waals surface area (Å²) in [5, 5.41) is 14.6. The van der Waals surface area contributed by atoms with E-state index in [9.17, 15) is 0 Å². The van der Waals surface area contributed by atoms with E-state index in [0.717, 1.165) is 0 Å². The zero-order valence-corrected chi connectivity index (χ0v) is 8.94. The van der Waals surface area contributed by atoms with Crippen LogP contribution in [0.4, 0.5) is 23.0 Å². The van der Waals surface area contributed by atoms with E-state index in [1.54, 1.807) is 24.3 Å². The van der Waals surface area contributed by atoms with Crippen molar-refractivity contribution in [2.45, 2.75) is 0 Å². The number of nitrogen functional groups attached to an aromatic ring is 2. The Bertz CT molecular complexity index is 513. The van der Waals surface area contributed by atoms with Gasteiger partial charge in [0.05, 0.1) is 5.69 Å². The molecule has 0 radical (unpaired) electrons. The second-order valence-electron chi connectivity index (χ2n) is 3.05. The smallest absolute Gasteiger partial charge is 0.175 e. The van der Waals surface area contributed by atoms with Gasteiger partial charge in [-0.25, -0.2) is 0 Å². The van der Waals surface area contributed by atoms with E-state index >= 15 is 0 Å². The Morgan fingerprint density at radius 1 is 1.25 bits per heavy atom. The molecular weight excluding hydrogens is 228 g/mol. The van der Waals surface area contributed by atoms with Crippen LogP contribution in [0.3, 0.4) is 0 Å². The molecule has 0 aliphatic rings. The quantitative estimate of drug-likeness (QED) is 0.698. The van der Waals surface area contributed by atoms with Crippen molar-refractivity contribution in [3.63, 3.8) is 0 Å². The summed E-state index contributed by atoms with van der Waals surface area (Å²) < 4.78 is 0. The number of nitrogens with two attached hydrogens (primary N) is 2. The number of halogens is 1. The van der Waals surface area contributed by atoms with E-state index in [4.69, 9.17) is 23.1 Å². The first-order valence-corrected chi connectivity index (χ1v) is 4.81. The topological polar surface area (TPSA) is 105 Å². The van der Waals surface area contributed by atoms with E-state index in [-0.39, 0.29) is 11.6 Å². The van der Waals surface area contributed by atoms with Crippen molar-refractivity contribution < 1.29 is 0 Å². The maximum atomic E-state index is 5.80. The highest BCUT2D eigenvalue weighted by molar-refractivity contribution is 6.30. The minimum atomic E-state index is 0.211. The fraction of sp³-hybridized carbons (Fsp3) is 0. The summed E-state index contributed by atoms with van der Waals surface area (Å²) >= 11 is 5.80. The highest BCUT2D eigenvalue weighted by atomic mass is 35.5. The van der Waals surface area contributed by atoms with E-state index < -0.39 is 0 Å². The summed E-state index contributed by atoms with van der Waals surface area (Å²) in [4.78, 5) is 0. The minimum absolute atomic E-state index is 0.211. The highest BCUT2D eigenvalue weighted by Gasteiger charge is 2.06. The second kappa shape index (κ2) is 4.19. The normalized spacial score (nSPS) is 11.1. The van der Waals surface area contributed by atoms with Gasteiger partial charge in [-0.1, -0.05) is 17.7 Å². The first kappa shape index (κ1) is 10.4. The molecule has 0 aliphatic carbocycles. The number of nitrogens with zero attached hydrogens (tertiary/aromatic N) is 3. The number of rotatable bonds is 2. The van der Waals surface area contributed by atoms with Crippen molar-refractivity contribution >= 4 is 34.6 Å². The number of nitrogens with one attached hydrogen (secondary N) is 1. The molecule has 0 amide bonds. The molecule has 2 rings (SSSR count). The molecule has 5 N–H and O–H groups in total. The van der Waals surface area contributed by atoms with Crippen LogP contribution < -0.4 is 11.5 Å². The molecule has 1 heterocycles. The lowest BCUT2D eigenvalue weighted by Gasteiger charge is -1.93. The number of aromatic amines is 1. The van der Waals surface area contributed by atoms with Gasteiger partial charge in [0.2, 0.25) is 0 Å². The van der Waals surface area contributed by atoms with Crippen LogP contribution in [0, 0.1) is 0 Å². The van der Waals surface area contributed by atoms with Crippen LogP contribution in [0.2, 0.25) is 5.02 Å². The third-order valence-electron chi connectivity index (χ3n) is 1.87. The summed E-state index contributed by atoms with van der Waals surface area (Å²) in [7, 11) is 0. The van der Waals surface area contributed by atoms with E-state index in [0.29, 0.717) is 16.4 Å². The summed E-state index contributed by atoms with van der Waals surface area (Å²) in [5.74, 6) is 0.492. The zero-order chi connectivity index (χ0) is 11.5. The van der Waals surface area contributed by atoms with Crippen LogP contribution in [0.25, 0.3) is 0 Å². The number of hydrogen-bond donors (Lipinski definition) is 3. The third kappa shape index (κ3) is 2.12. The lowest BCUT2D eigenvalue weighted by atomic mass is 10.3. The summed E-state index contributed by atoms with van der Waals surface area (Å²) in [6, 6.07) is 6.97. The monoisotopic (exact) mass is 236 g/mol. The van der Waals surface area contributed by atoms with E-state index in [1.165, 1.54) is 0 Å². The first-order valence-electron chi connectivity index (χ1n) is 4.43. The minimum Gasteiger partial charge on any atom is -0.382 e. The molecule has 7 heteroatoms. The lowest BCUT2D eigenvalue weighted by molar-refractivity contribution is 1.11. The van der Waals surface area contributed by atoms with Gasteiger partial charge >= 0.3 is 0 Å². The molecule has 1 aromatic carbocycles. The third-order valence-corrected chi connectivity index (χ3v) is 2.10. The average Bonchev–Trinajstić information content (AvgIpc) is 2.56. The summed E-state index contributed by atoms with van der Waals surface area (Å²) in [6.45, 7) is 0. The lowest BCUT2D eigenvalue weighted by Crippen LogP contribution is -1.84. The Labute approximate surface area is 96.3 Å². The molecule has 0 aliphatic heterocycles. The molecule has 0 saturated heterocycles. The summed E-state index contributed by atoms with van der Waals surface area (Å²) in [6.07, 6.45) is 0. The van der Waals surface area contributed by atoms with Crippen LogP contribution >= 0.6 is 11.6 Å². The molecule has 1 aromatic heterocycles. The van der Waals surface area contributed by atoms with Crippen LogP contribution in [-0.2, 0) is 0 Å². The van der Waals surface area contributed by atoms with Gasteiger partial charge in [-0.3, -0.25) is 5.10 Å². The molecule has 0 saturated carbocycles. The van der Waals surface area contributed by atoms with Gasteiger partial charge in [-0.05, 0) is 18.2 Å². The molecule has 0 atom stereocenters. The SMILES string of the molecule is Nc1n[nH]c(N)c1N=Nc1cccc(Cl)c1. The zero-order valence-electron chi connectivity index (χ0n) is 8.18. The molecule has 0 spiro atoms. The Morgan fingerprint density at radius 2 is 2.06 bits per heavy atom. The van der Waals surface area contributed by atoms with Crippen molar-refractivity contribution in [2.24, 2.45) is 10.2 Å².